The van der Waals surface area contributed by atoms with E-state index in [1.54, 1.807) is 4.90 Å². The molecule has 0 aromatic heterocycles. The molecular formula is C22H35N3O4S. The van der Waals surface area contributed by atoms with Crippen molar-refractivity contribution < 1.29 is 18.5 Å². The van der Waals surface area contributed by atoms with Gasteiger partial charge in [0, 0.05) is 31.9 Å². The first-order valence-electron chi connectivity index (χ1n) is 10.5. The van der Waals surface area contributed by atoms with Crippen LogP contribution in [0.5, 0.6) is 0 Å². The Morgan fingerprint density at radius 2 is 1.60 bits per heavy atom. The lowest BCUT2D eigenvalue weighted by Gasteiger charge is -2.43. The van der Waals surface area contributed by atoms with Crippen molar-refractivity contribution in [1.82, 2.24) is 9.62 Å². The van der Waals surface area contributed by atoms with Crippen LogP contribution >= 0.6 is 0 Å². The second-order valence-electron chi connectivity index (χ2n) is 10.1. The molecule has 30 heavy (non-hydrogen) atoms. The molecule has 2 aliphatic rings. The highest BCUT2D eigenvalue weighted by Crippen LogP contribution is 2.32. The van der Waals surface area contributed by atoms with Crippen molar-refractivity contribution in [3.05, 3.63) is 29.8 Å². The van der Waals surface area contributed by atoms with Crippen molar-refractivity contribution in [3.8, 4) is 0 Å². The molecular weight excluding hydrogens is 402 g/mol. The van der Waals surface area contributed by atoms with E-state index in [9.17, 15) is 9.00 Å². The Morgan fingerprint density at radius 3 is 2.03 bits per heavy atom. The van der Waals surface area contributed by atoms with Crippen LogP contribution in [-0.2, 0) is 26.0 Å². The molecule has 8 heteroatoms. The molecule has 1 aromatic rings. The van der Waals surface area contributed by atoms with Gasteiger partial charge in [-0.1, -0.05) is 12.1 Å². The van der Waals surface area contributed by atoms with Crippen LogP contribution in [-0.4, -0.2) is 64.9 Å². The molecule has 0 saturated carbocycles. The molecule has 2 aliphatic heterocycles. The van der Waals surface area contributed by atoms with Gasteiger partial charge in [0.1, 0.15) is 11.1 Å². The number of hydrogen-bond acceptors (Lipinski definition) is 5. The van der Waals surface area contributed by atoms with Gasteiger partial charge < -0.3 is 19.3 Å². The van der Waals surface area contributed by atoms with Crippen molar-refractivity contribution in [3.63, 3.8) is 0 Å². The maximum absolute atomic E-state index is 12.6. The first-order valence-corrected chi connectivity index (χ1v) is 11.7. The van der Waals surface area contributed by atoms with Crippen molar-refractivity contribution in [1.29, 1.82) is 0 Å². The summed E-state index contributed by atoms with van der Waals surface area (Å²) in [5.41, 5.74) is 1.33. The Morgan fingerprint density at radius 1 is 1.03 bits per heavy atom. The van der Waals surface area contributed by atoms with Gasteiger partial charge in [0.05, 0.1) is 28.9 Å². The highest BCUT2D eigenvalue weighted by molar-refractivity contribution is 7.84. The number of carbonyl (C=O) groups is 1. The van der Waals surface area contributed by atoms with Crippen LogP contribution in [0.4, 0.5) is 10.5 Å². The topological polar surface area (TPSA) is 71.1 Å². The van der Waals surface area contributed by atoms with Crippen molar-refractivity contribution in [2.24, 2.45) is 0 Å². The lowest BCUT2D eigenvalue weighted by molar-refractivity contribution is -0.0659. The molecule has 0 spiro atoms. The number of benzene rings is 1. The zero-order valence-corrected chi connectivity index (χ0v) is 19.8. The molecule has 0 bridgehead atoms. The average molecular weight is 438 g/mol. The zero-order valence-electron chi connectivity index (χ0n) is 19.0. The molecule has 2 saturated heterocycles. The summed E-state index contributed by atoms with van der Waals surface area (Å²) in [5, 5.41) is 0. The van der Waals surface area contributed by atoms with Crippen LogP contribution in [0.25, 0.3) is 0 Å². The van der Waals surface area contributed by atoms with E-state index in [0.29, 0.717) is 26.3 Å². The minimum absolute atomic E-state index is 0.248. The number of carbonyl (C=O) groups excluding carboxylic acids is 1. The number of ether oxygens (including phenoxy) is 2. The summed E-state index contributed by atoms with van der Waals surface area (Å²) < 4.78 is 26.5. The van der Waals surface area contributed by atoms with Gasteiger partial charge in [-0.3, -0.25) is 0 Å². The summed E-state index contributed by atoms with van der Waals surface area (Å²) >= 11 is 0. The first-order chi connectivity index (χ1) is 13.9. The summed E-state index contributed by atoms with van der Waals surface area (Å²) in [6, 6.07) is 8.37. The Hall–Kier alpha value is -1.64. The molecule has 1 N–H and O–H groups in total. The molecule has 1 amide bonds. The molecule has 1 aromatic carbocycles. The van der Waals surface area contributed by atoms with E-state index in [0.717, 1.165) is 24.3 Å². The van der Waals surface area contributed by atoms with E-state index in [4.69, 9.17) is 9.47 Å². The maximum atomic E-state index is 12.6. The number of amides is 1. The monoisotopic (exact) mass is 437 g/mol. The van der Waals surface area contributed by atoms with Crippen molar-refractivity contribution >= 4 is 22.8 Å². The first kappa shape index (κ1) is 23.0. The minimum atomic E-state index is -1.17. The molecule has 1 atom stereocenters. The van der Waals surface area contributed by atoms with Crippen LogP contribution in [0.15, 0.2) is 24.3 Å². The average Bonchev–Trinajstić information content (AvgIpc) is 2.62. The van der Waals surface area contributed by atoms with E-state index >= 15 is 0 Å². The van der Waals surface area contributed by atoms with E-state index in [-0.39, 0.29) is 10.8 Å². The molecule has 3 rings (SSSR count). The molecule has 7 nitrogen and oxygen atoms in total. The van der Waals surface area contributed by atoms with Crippen LogP contribution < -0.4 is 9.62 Å². The number of anilines is 1. The number of nitrogens with one attached hydrogen (secondary N) is 1. The maximum Gasteiger partial charge on any atom is 0.410 e. The van der Waals surface area contributed by atoms with Crippen LogP contribution in [0.1, 0.15) is 47.1 Å². The van der Waals surface area contributed by atoms with Crippen LogP contribution in [0, 0.1) is 0 Å². The number of piperazine rings is 1. The lowest BCUT2D eigenvalue weighted by atomic mass is 9.89. The normalized spacial score (nSPS) is 20.5. The third kappa shape index (κ3) is 5.34. The Balaban J connectivity index is 1.61. The third-order valence-corrected chi connectivity index (χ3v) is 6.95. The SMILES string of the molecule is CC(C)(C)OC(=O)N1CCN(c2ccc(C3(N[S@@](=O)C(C)(C)C)COC3)cc2)CC1. The highest BCUT2D eigenvalue weighted by atomic mass is 32.2. The van der Waals surface area contributed by atoms with Crippen molar-refractivity contribution in [2.45, 2.75) is 57.4 Å². The van der Waals surface area contributed by atoms with Gasteiger partial charge in [0.25, 0.3) is 0 Å². The third-order valence-electron chi connectivity index (χ3n) is 5.26. The van der Waals surface area contributed by atoms with E-state index in [2.05, 4.69) is 33.9 Å². The van der Waals surface area contributed by atoms with Gasteiger partial charge in [-0.05, 0) is 59.2 Å². The number of hydrogen-bond donors (Lipinski definition) is 1. The van der Waals surface area contributed by atoms with Gasteiger partial charge in [-0.25, -0.2) is 13.7 Å². The van der Waals surface area contributed by atoms with Gasteiger partial charge in [0.2, 0.25) is 0 Å². The summed E-state index contributed by atoms with van der Waals surface area (Å²) in [6.07, 6.45) is -0.248. The Bertz CT molecular complexity index is 771. The van der Waals surface area contributed by atoms with Crippen LogP contribution in [0.3, 0.4) is 0 Å². The fourth-order valence-corrected chi connectivity index (χ4v) is 4.28. The van der Waals surface area contributed by atoms with E-state index in [1.165, 1.54) is 0 Å². The fraction of sp³-hybridized carbons (Fsp3) is 0.682. The summed E-state index contributed by atoms with van der Waals surface area (Å²) in [6.45, 7) is 15.4. The van der Waals surface area contributed by atoms with Crippen molar-refractivity contribution in [2.75, 3.05) is 44.3 Å². The van der Waals surface area contributed by atoms with Gasteiger partial charge in [-0.2, -0.15) is 0 Å². The van der Waals surface area contributed by atoms with Gasteiger partial charge >= 0.3 is 6.09 Å². The smallest absolute Gasteiger partial charge is 0.410 e. The van der Waals surface area contributed by atoms with Gasteiger partial charge in [-0.15, -0.1) is 0 Å². The molecule has 2 fully saturated rings. The molecule has 168 valence electrons. The van der Waals surface area contributed by atoms with Crippen LogP contribution in [0.2, 0.25) is 0 Å². The fourth-order valence-electron chi connectivity index (χ4n) is 3.39. The van der Waals surface area contributed by atoms with Gasteiger partial charge in [0.15, 0.2) is 0 Å². The number of nitrogens with zero attached hydrogens (tertiary/aromatic N) is 2. The molecule has 2 heterocycles. The predicted octanol–water partition coefficient (Wildman–Crippen LogP) is 3.02. The molecule has 0 aliphatic carbocycles. The largest absolute Gasteiger partial charge is 0.444 e. The van der Waals surface area contributed by atoms with E-state index < -0.39 is 22.1 Å². The summed E-state index contributed by atoms with van der Waals surface area (Å²) in [5.74, 6) is 0. The summed E-state index contributed by atoms with van der Waals surface area (Å²) in [4.78, 5) is 16.3. The second kappa shape index (κ2) is 8.48. The summed E-state index contributed by atoms with van der Waals surface area (Å²) in [7, 11) is -1.17. The predicted molar refractivity (Wildman–Crippen MR) is 120 cm³/mol. The number of rotatable bonds is 4. The Labute approximate surface area is 182 Å². The van der Waals surface area contributed by atoms with E-state index in [1.807, 2.05) is 41.5 Å². The Kier molecular flexibility index (Phi) is 6.51. The highest BCUT2D eigenvalue weighted by Gasteiger charge is 2.43. The second-order valence-corrected chi connectivity index (χ2v) is 12.0. The minimum Gasteiger partial charge on any atom is -0.444 e. The molecule has 0 unspecified atom stereocenters. The standard InChI is InChI=1S/C22H35N3O4S/c1-20(2,3)29-19(26)25-13-11-24(12-14-25)18-9-7-17(8-10-18)22(15-28-16-22)23-30(27)21(4,5)6/h7-10,23H,11-16H2,1-6H3/t30-/m0/s1. The zero-order chi connectivity index (χ0) is 22.2. The quantitative estimate of drug-likeness (QED) is 0.784. The molecule has 0 radical (unpaired) electrons. The lowest BCUT2D eigenvalue weighted by Crippen LogP contribution is -2.59.